The summed E-state index contributed by atoms with van der Waals surface area (Å²) in [5.74, 6) is 2.22. The van der Waals surface area contributed by atoms with Gasteiger partial charge in [-0.05, 0) is 104 Å². The van der Waals surface area contributed by atoms with Crippen molar-refractivity contribution in [2.75, 3.05) is 86.0 Å². The van der Waals surface area contributed by atoms with Crippen molar-refractivity contribution in [1.82, 2.24) is 38.5 Å². The van der Waals surface area contributed by atoms with Crippen molar-refractivity contribution in [3.05, 3.63) is 189 Å². The van der Waals surface area contributed by atoms with E-state index in [4.69, 9.17) is 61.5 Å². The number of nitrogens with one attached hydrogen (secondary N) is 2. The molecule has 6 heterocycles. The number of sulfonamides is 2. The number of benzene rings is 4. The first-order chi connectivity index (χ1) is 41.8. The molecule has 0 spiro atoms. The Labute approximate surface area is 519 Å². The van der Waals surface area contributed by atoms with Gasteiger partial charge in [0.1, 0.15) is 6.61 Å². The number of anilines is 4. The maximum absolute atomic E-state index is 13.4. The summed E-state index contributed by atoms with van der Waals surface area (Å²) in [6.45, 7) is 3.34. The predicted octanol–water partition coefficient (Wildman–Crippen LogP) is 7.90. The molecule has 452 valence electrons. The number of rotatable bonds is 16. The van der Waals surface area contributed by atoms with Crippen LogP contribution in [0, 0.1) is 0 Å². The molecule has 4 aromatic heterocycles. The molecule has 0 bridgehead atoms. The van der Waals surface area contributed by atoms with Crippen LogP contribution in [-0.4, -0.2) is 155 Å². The molecule has 2 saturated heterocycles. The second-order valence-electron chi connectivity index (χ2n) is 18.6. The first kappa shape index (κ1) is 64.9. The standard InChI is InChI=1S/C29H26Cl2N6O5S.C28H24Cl2N6O5S.H3NO/c1-2-42-28(39)19-17-33-29(34-18-19)36-11-13-37(14-12-36)43(40,41)21-7-8-22(25(31)16-21)27(38)35-20-6-9-24(30)23(15-20)26-5-3-4-10-32-26;29-23-7-4-19(13-22(23)25-3-1-2-8-31-25)34-27(39)21-6-5-20(14-24(21)30)42(40,41)36-11-9-35(10-12-36)28-32-15-18(16-33-28)26(38)17-37;1-2/h3-10,15-18H,2,11-14H2,1H3,(H,35,38);1-8,13-16,37H,9-12,17H2,(H,34,39);2H,1H2. The van der Waals surface area contributed by atoms with E-state index in [0.29, 0.717) is 82.0 Å². The largest absolute Gasteiger partial charge is 0.462 e. The van der Waals surface area contributed by atoms with Crippen molar-refractivity contribution in [2.24, 2.45) is 5.90 Å². The second-order valence-corrected chi connectivity index (χ2v) is 24.1. The molecule has 8 aromatic rings. The summed E-state index contributed by atoms with van der Waals surface area (Å²) in [5, 5.41) is 21.9. The Morgan fingerprint density at radius 1 is 0.529 bits per heavy atom. The average molecular weight is 1300 g/mol. The maximum atomic E-state index is 13.4. The molecule has 24 nitrogen and oxygen atoms in total. The normalized spacial score (nSPS) is 13.7. The van der Waals surface area contributed by atoms with Crippen molar-refractivity contribution >= 4 is 113 Å². The Bertz CT molecular complexity index is 4010. The van der Waals surface area contributed by atoms with E-state index in [-0.39, 0.29) is 74.9 Å². The number of amides is 2. The molecule has 0 saturated carbocycles. The van der Waals surface area contributed by atoms with Gasteiger partial charge in [0, 0.05) is 112 Å². The minimum atomic E-state index is -3.90. The zero-order chi connectivity index (χ0) is 62.4. The molecular formula is C57H53Cl4N13O11S2. The fourth-order valence-electron chi connectivity index (χ4n) is 8.80. The molecule has 10 rings (SSSR count). The number of ether oxygens (including phenoxy) is 1. The van der Waals surface area contributed by atoms with Crippen molar-refractivity contribution in [3.63, 3.8) is 0 Å². The van der Waals surface area contributed by atoms with E-state index in [2.05, 4.69) is 46.4 Å². The van der Waals surface area contributed by atoms with Crippen LogP contribution in [0.1, 0.15) is 48.4 Å². The Kier molecular flexibility index (Phi) is 22.0. The maximum Gasteiger partial charge on any atom is 0.341 e. The number of Topliss-reactive ketones (excluding diaryl/α,β-unsaturated/α-hetero) is 1. The van der Waals surface area contributed by atoms with Crippen LogP contribution in [0.3, 0.4) is 0 Å². The smallest absolute Gasteiger partial charge is 0.341 e. The highest BCUT2D eigenvalue weighted by molar-refractivity contribution is 7.89. The van der Waals surface area contributed by atoms with E-state index in [1.165, 1.54) is 69.8 Å². The first-order valence-electron chi connectivity index (χ1n) is 26.2. The van der Waals surface area contributed by atoms with Gasteiger partial charge in [-0.15, -0.1) is 0 Å². The van der Waals surface area contributed by atoms with Crippen LogP contribution in [-0.2, 0) is 24.8 Å². The summed E-state index contributed by atoms with van der Waals surface area (Å²) in [4.78, 5) is 78.4. The van der Waals surface area contributed by atoms with Crippen molar-refractivity contribution < 1.29 is 51.1 Å². The van der Waals surface area contributed by atoms with Crippen LogP contribution in [0.25, 0.3) is 22.5 Å². The molecular weight excluding hydrogens is 1250 g/mol. The third-order valence-corrected chi connectivity index (χ3v) is 18.3. The topological polar surface area (TPSA) is 327 Å². The molecule has 2 aliphatic heterocycles. The Morgan fingerprint density at radius 3 is 1.29 bits per heavy atom. The number of halogens is 4. The van der Waals surface area contributed by atoms with Crippen LogP contribution in [0.4, 0.5) is 23.3 Å². The van der Waals surface area contributed by atoms with Gasteiger partial charge in [-0.25, -0.2) is 47.5 Å². The molecule has 30 heteroatoms. The van der Waals surface area contributed by atoms with Crippen LogP contribution in [0.15, 0.2) is 156 Å². The molecule has 2 aliphatic rings. The van der Waals surface area contributed by atoms with E-state index in [1.807, 2.05) is 17.0 Å². The van der Waals surface area contributed by atoms with E-state index in [1.54, 1.807) is 84.9 Å². The number of hydrogen-bond acceptors (Lipinski definition) is 20. The summed E-state index contributed by atoms with van der Waals surface area (Å²) < 4.78 is 61.1. The number of aromatic nitrogens is 6. The molecule has 2 fully saturated rings. The molecule has 0 atom stereocenters. The number of esters is 1. The average Bonchev–Trinajstić information content (AvgIpc) is 1.98. The highest BCUT2D eigenvalue weighted by Gasteiger charge is 2.32. The highest BCUT2D eigenvalue weighted by Crippen LogP contribution is 2.33. The molecule has 0 radical (unpaired) electrons. The Hall–Kier alpha value is -8.12. The number of piperazine rings is 2. The summed E-state index contributed by atoms with van der Waals surface area (Å²) in [6.07, 6.45) is 8.72. The van der Waals surface area contributed by atoms with Gasteiger partial charge in [-0.1, -0.05) is 58.5 Å². The third kappa shape index (κ3) is 15.7. The molecule has 2 amide bonds. The minimum absolute atomic E-state index is 0.00814. The van der Waals surface area contributed by atoms with Gasteiger partial charge < -0.3 is 35.5 Å². The van der Waals surface area contributed by atoms with Crippen molar-refractivity contribution in [3.8, 4) is 22.5 Å². The minimum Gasteiger partial charge on any atom is -0.462 e. The summed E-state index contributed by atoms with van der Waals surface area (Å²) in [7, 11) is -7.79. The predicted molar refractivity (Wildman–Crippen MR) is 328 cm³/mol. The number of hydrogen-bond donors (Lipinski definition) is 5. The van der Waals surface area contributed by atoms with Gasteiger partial charge in [-0.2, -0.15) is 8.61 Å². The van der Waals surface area contributed by atoms with E-state index >= 15 is 0 Å². The lowest BCUT2D eigenvalue weighted by molar-refractivity contribution is 0.0524. The van der Waals surface area contributed by atoms with Gasteiger partial charge in [0.05, 0.1) is 70.1 Å². The van der Waals surface area contributed by atoms with Crippen LogP contribution in [0.5, 0.6) is 0 Å². The van der Waals surface area contributed by atoms with E-state index in [0.717, 1.165) is 0 Å². The zero-order valence-electron chi connectivity index (χ0n) is 45.9. The van der Waals surface area contributed by atoms with Gasteiger partial charge in [0.2, 0.25) is 31.9 Å². The Balaban J connectivity index is 0.000000220. The van der Waals surface area contributed by atoms with Crippen molar-refractivity contribution in [2.45, 2.75) is 16.7 Å². The number of aliphatic hydroxyl groups excluding tert-OH is 1. The molecule has 0 aliphatic carbocycles. The van der Waals surface area contributed by atoms with Crippen molar-refractivity contribution in [1.29, 1.82) is 0 Å². The SMILES string of the molecule is CCOC(=O)c1cnc(N2CCN(S(=O)(=O)c3ccc(C(=O)Nc4ccc(Cl)c(-c5ccccn5)c4)c(Cl)c3)CC2)nc1.NO.O=C(CO)c1cnc(N2CCN(S(=O)(=O)c3ccc(C(=O)Nc4ccc(Cl)c(-c5ccccn5)c4)c(Cl)c3)CC2)nc1. The van der Waals surface area contributed by atoms with Gasteiger partial charge in [0.15, 0.2) is 5.78 Å². The number of nitrogens with two attached hydrogens (primary N) is 1. The van der Waals surface area contributed by atoms with Gasteiger partial charge >= 0.3 is 5.97 Å². The number of carbonyl (C=O) groups is 4. The van der Waals surface area contributed by atoms with Crippen LogP contribution < -0.4 is 26.3 Å². The monoisotopic (exact) mass is 1300 g/mol. The third-order valence-electron chi connectivity index (χ3n) is 13.3. The van der Waals surface area contributed by atoms with E-state index < -0.39 is 50.2 Å². The molecule has 0 unspecified atom stereocenters. The summed E-state index contributed by atoms with van der Waals surface area (Å²) in [6, 6.07) is 28.9. The number of pyridine rings is 2. The van der Waals surface area contributed by atoms with Crippen LogP contribution >= 0.6 is 46.4 Å². The lowest BCUT2D eigenvalue weighted by atomic mass is 10.1. The molecule has 6 N–H and O–H groups in total. The fourth-order valence-corrected chi connectivity index (χ4v) is 12.8. The van der Waals surface area contributed by atoms with Crippen LogP contribution in [0.2, 0.25) is 20.1 Å². The van der Waals surface area contributed by atoms with Gasteiger partial charge in [-0.3, -0.25) is 24.4 Å². The fraction of sp³-hybridized carbons (Fsp3) is 0.193. The zero-order valence-corrected chi connectivity index (χ0v) is 50.5. The molecule has 4 aromatic carbocycles. The second kappa shape index (κ2) is 29.5. The number of nitrogens with zero attached hydrogens (tertiary/aromatic N) is 10. The molecule has 87 heavy (non-hydrogen) atoms. The number of carbonyl (C=O) groups excluding carboxylic acids is 4. The number of ketones is 1. The quantitative estimate of drug-likeness (QED) is 0.0348. The lowest BCUT2D eigenvalue weighted by Crippen LogP contribution is -2.49. The van der Waals surface area contributed by atoms with E-state index in [9.17, 15) is 36.0 Å². The highest BCUT2D eigenvalue weighted by atomic mass is 35.5. The lowest BCUT2D eigenvalue weighted by Gasteiger charge is -2.34. The van der Waals surface area contributed by atoms with Gasteiger partial charge in [0.25, 0.3) is 11.8 Å². The summed E-state index contributed by atoms with van der Waals surface area (Å²) in [5.41, 5.74) is 4.18. The Morgan fingerprint density at radius 2 is 0.931 bits per heavy atom. The number of aliphatic hydroxyl groups is 1. The first-order valence-corrected chi connectivity index (χ1v) is 30.6. The summed E-state index contributed by atoms with van der Waals surface area (Å²) >= 11 is 25.5.